The molecule has 0 atom stereocenters. The number of anilines is 4. The second kappa shape index (κ2) is 12.6. The first-order valence-corrected chi connectivity index (χ1v) is 15.3. The summed E-state index contributed by atoms with van der Waals surface area (Å²) in [4.78, 5) is 53.7. The van der Waals surface area contributed by atoms with Crippen molar-refractivity contribution < 1.29 is 19.1 Å². The van der Waals surface area contributed by atoms with Crippen LogP contribution in [0.15, 0.2) is 24.4 Å². The maximum Gasteiger partial charge on any atom is 0.317 e. The molecule has 0 radical (unpaired) electrons. The first kappa shape index (κ1) is 30.4. The number of amides is 4. The average molecular weight is 593 g/mol. The van der Waals surface area contributed by atoms with Gasteiger partial charge in [-0.15, -0.1) is 0 Å². The van der Waals surface area contributed by atoms with Crippen LogP contribution in [0.4, 0.5) is 27.9 Å². The first-order chi connectivity index (χ1) is 20.6. The standard InChI is InChI=1S/C31H44N8O4/c1-6-32-30(42)38-15-13-21(14-16-38)34-27(40)20-11-12-23(25(17-20)43-5)35-29-33-18-24-26(36-29)39(22-9-7-8-10-22)19-31(2,3)28(41)37(24)4/h11-12,17-18,21-22H,6-10,13-16,19H2,1-5H3,(H,32,42)(H,34,40)(H,33,35,36). The van der Waals surface area contributed by atoms with Crippen molar-refractivity contribution >= 4 is 41.0 Å². The molecule has 12 heteroatoms. The molecule has 1 saturated carbocycles. The fourth-order valence-electron chi connectivity index (χ4n) is 6.34. The van der Waals surface area contributed by atoms with E-state index < -0.39 is 5.41 Å². The lowest BCUT2D eigenvalue weighted by molar-refractivity contribution is -0.125. The molecule has 1 saturated heterocycles. The van der Waals surface area contributed by atoms with Crippen LogP contribution in [-0.2, 0) is 4.79 Å². The van der Waals surface area contributed by atoms with E-state index in [-0.39, 0.29) is 23.9 Å². The Labute approximate surface area is 253 Å². The van der Waals surface area contributed by atoms with Gasteiger partial charge in [0.2, 0.25) is 11.9 Å². The van der Waals surface area contributed by atoms with E-state index in [0.29, 0.717) is 73.7 Å². The zero-order valence-corrected chi connectivity index (χ0v) is 25.9. The number of piperidine rings is 1. The monoisotopic (exact) mass is 592 g/mol. The molecule has 3 aliphatic rings. The average Bonchev–Trinajstić information content (AvgIpc) is 3.52. The Kier molecular flexibility index (Phi) is 8.93. The number of nitrogens with one attached hydrogen (secondary N) is 3. The lowest BCUT2D eigenvalue weighted by atomic mass is 9.91. The fourth-order valence-corrected chi connectivity index (χ4v) is 6.34. The van der Waals surface area contributed by atoms with Crippen LogP contribution < -0.4 is 30.5 Å². The predicted octanol–water partition coefficient (Wildman–Crippen LogP) is 3.90. The quantitative estimate of drug-likeness (QED) is 0.441. The van der Waals surface area contributed by atoms with Crippen LogP contribution >= 0.6 is 0 Å². The summed E-state index contributed by atoms with van der Waals surface area (Å²) in [6, 6.07) is 5.49. The Morgan fingerprint density at radius 3 is 2.51 bits per heavy atom. The van der Waals surface area contributed by atoms with E-state index >= 15 is 0 Å². The third kappa shape index (κ3) is 6.47. The maximum absolute atomic E-state index is 13.3. The summed E-state index contributed by atoms with van der Waals surface area (Å²) in [6.07, 6.45) is 7.59. The Balaban J connectivity index is 1.31. The van der Waals surface area contributed by atoms with Crippen molar-refractivity contribution in [3.63, 3.8) is 0 Å². The number of hydrogen-bond acceptors (Lipinski definition) is 8. The number of benzene rings is 1. The van der Waals surface area contributed by atoms with Gasteiger partial charge in [-0.05, 0) is 64.7 Å². The second-order valence-corrected chi connectivity index (χ2v) is 12.3. The highest BCUT2D eigenvalue weighted by molar-refractivity contribution is 6.01. The van der Waals surface area contributed by atoms with Gasteiger partial charge >= 0.3 is 6.03 Å². The summed E-state index contributed by atoms with van der Waals surface area (Å²) in [7, 11) is 3.35. The molecule has 3 heterocycles. The van der Waals surface area contributed by atoms with Gasteiger partial charge in [-0.25, -0.2) is 9.78 Å². The number of carbonyl (C=O) groups excluding carboxylic acids is 3. The number of hydrogen-bond donors (Lipinski definition) is 3. The minimum atomic E-state index is -0.564. The van der Waals surface area contributed by atoms with Crippen LogP contribution in [0.5, 0.6) is 5.75 Å². The van der Waals surface area contributed by atoms with Crippen molar-refractivity contribution in [1.82, 2.24) is 25.5 Å². The van der Waals surface area contributed by atoms with Gasteiger partial charge in [-0.1, -0.05) is 12.8 Å². The largest absolute Gasteiger partial charge is 0.495 e. The molecule has 2 aromatic rings. The molecular formula is C31H44N8O4. The molecule has 232 valence electrons. The third-order valence-electron chi connectivity index (χ3n) is 8.75. The van der Waals surface area contributed by atoms with Crippen LogP contribution in [0, 0.1) is 5.41 Å². The molecule has 43 heavy (non-hydrogen) atoms. The number of rotatable bonds is 7. The van der Waals surface area contributed by atoms with Crippen LogP contribution in [0.25, 0.3) is 0 Å². The molecular weight excluding hydrogens is 548 g/mol. The molecule has 2 fully saturated rings. The molecule has 3 N–H and O–H groups in total. The molecule has 1 aliphatic carbocycles. The minimum absolute atomic E-state index is 0.00671. The first-order valence-electron chi connectivity index (χ1n) is 15.3. The summed E-state index contributed by atoms with van der Waals surface area (Å²) in [5, 5.41) is 9.19. The van der Waals surface area contributed by atoms with E-state index in [0.717, 1.165) is 18.7 Å². The van der Waals surface area contributed by atoms with Gasteiger partial charge in [0, 0.05) is 50.9 Å². The Morgan fingerprint density at radius 2 is 1.84 bits per heavy atom. The fraction of sp³-hybridized carbons (Fsp3) is 0.581. The third-order valence-corrected chi connectivity index (χ3v) is 8.75. The summed E-state index contributed by atoms with van der Waals surface area (Å²) < 4.78 is 5.64. The van der Waals surface area contributed by atoms with E-state index in [1.54, 1.807) is 48.4 Å². The van der Waals surface area contributed by atoms with Crippen molar-refractivity contribution in [3.05, 3.63) is 30.0 Å². The predicted molar refractivity (Wildman–Crippen MR) is 166 cm³/mol. The second-order valence-electron chi connectivity index (χ2n) is 12.3. The summed E-state index contributed by atoms with van der Waals surface area (Å²) in [5.41, 5.74) is 1.24. The Bertz CT molecular complexity index is 1350. The molecule has 0 bridgehead atoms. The zero-order valence-electron chi connectivity index (χ0n) is 25.9. The molecule has 1 aromatic heterocycles. The molecule has 0 spiro atoms. The SMILES string of the molecule is CCNC(=O)N1CCC(NC(=O)c2ccc(Nc3ncc4c(n3)N(C3CCCC3)CC(C)(C)C(=O)N4C)c(OC)c2)CC1. The lowest BCUT2D eigenvalue weighted by Crippen LogP contribution is -2.49. The zero-order chi connectivity index (χ0) is 30.7. The van der Waals surface area contributed by atoms with Crippen molar-refractivity contribution in [1.29, 1.82) is 0 Å². The number of ether oxygens (including phenoxy) is 1. The normalized spacial score (nSPS) is 19.1. The number of nitrogens with zero attached hydrogens (tertiary/aromatic N) is 5. The molecule has 5 rings (SSSR count). The van der Waals surface area contributed by atoms with Gasteiger partial charge in [-0.3, -0.25) is 9.59 Å². The van der Waals surface area contributed by atoms with Crippen molar-refractivity contribution in [2.45, 2.75) is 71.4 Å². The highest BCUT2D eigenvalue weighted by Crippen LogP contribution is 2.40. The molecule has 2 aliphatic heterocycles. The molecule has 12 nitrogen and oxygen atoms in total. The van der Waals surface area contributed by atoms with Gasteiger partial charge < -0.3 is 35.4 Å². The van der Waals surface area contributed by atoms with Crippen molar-refractivity contribution in [2.24, 2.45) is 5.41 Å². The number of aromatic nitrogens is 2. The number of methoxy groups -OCH3 is 1. The highest BCUT2D eigenvalue weighted by atomic mass is 16.5. The highest BCUT2D eigenvalue weighted by Gasteiger charge is 2.41. The van der Waals surface area contributed by atoms with Crippen molar-refractivity contribution in [2.75, 3.05) is 55.5 Å². The van der Waals surface area contributed by atoms with E-state index in [9.17, 15) is 14.4 Å². The van der Waals surface area contributed by atoms with Crippen LogP contribution in [0.3, 0.4) is 0 Å². The van der Waals surface area contributed by atoms with Crippen LogP contribution in [0.2, 0.25) is 0 Å². The Morgan fingerprint density at radius 1 is 1.12 bits per heavy atom. The van der Waals surface area contributed by atoms with Crippen LogP contribution in [-0.4, -0.2) is 85.1 Å². The van der Waals surface area contributed by atoms with Gasteiger partial charge in [-0.2, -0.15) is 4.98 Å². The number of likely N-dealkylation sites (tertiary alicyclic amines) is 1. The summed E-state index contributed by atoms with van der Waals surface area (Å²) >= 11 is 0. The number of carbonyl (C=O) groups is 3. The van der Waals surface area contributed by atoms with E-state index in [2.05, 4.69) is 25.8 Å². The van der Waals surface area contributed by atoms with E-state index in [1.165, 1.54) is 12.8 Å². The van der Waals surface area contributed by atoms with Crippen LogP contribution in [0.1, 0.15) is 69.7 Å². The molecule has 4 amide bonds. The smallest absolute Gasteiger partial charge is 0.317 e. The molecule has 1 aromatic carbocycles. The van der Waals surface area contributed by atoms with Gasteiger partial charge in [0.15, 0.2) is 5.82 Å². The lowest BCUT2D eigenvalue weighted by Gasteiger charge is -2.34. The van der Waals surface area contributed by atoms with E-state index in [1.807, 2.05) is 20.8 Å². The van der Waals surface area contributed by atoms with Crippen molar-refractivity contribution in [3.8, 4) is 5.75 Å². The molecule has 0 unspecified atom stereocenters. The van der Waals surface area contributed by atoms with Gasteiger partial charge in [0.1, 0.15) is 11.4 Å². The number of urea groups is 1. The van der Waals surface area contributed by atoms with E-state index in [4.69, 9.17) is 9.72 Å². The number of fused-ring (bicyclic) bond motifs is 1. The van der Waals surface area contributed by atoms with Gasteiger partial charge in [0.25, 0.3) is 5.91 Å². The summed E-state index contributed by atoms with van der Waals surface area (Å²) in [6.45, 7) is 8.26. The topological polar surface area (TPSA) is 132 Å². The van der Waals surface area contributed by atoms with Gasteiger partial charge in [0.05, 0.1) is 24.4 Å². The Hall–Kier alpha value is -4.09. The summed E-state index contributed by atoms with van der Waals surface area (Å²) in [5.74, 6) is 1.47. The maximum atomic E-state index is 13.3. The minimum Gasteiger partial charge on any atom is -0.495 e.